The van der Waals surface area contributed by atoms with Crippen LogP contribution in [0.25, 0.3) is 0 Å². The van der Waals surface area contributed by atoms with E-state index in [9.17, 15) is 9.90 Å². The molecule has 0 radical (unpaired) electrons. The molecule has 0 aliphatic carbocycles. The van der Waals surface area contributed by atoms with E-state index in [-0.39, 0.29) is 18.6 Å². The Labute approximate surface area is 117 Å². The summed E-state index contributed by atoms with van der Waals surface area (Å²) in [5.41, 5.74) is 0.392. The molecule has 0 unspecified atom stereocenters. The lowest BCUT2D eigenvalue weighted by molar-refractivity contribution is 0.0671. The number of nitrogens with one attached hydrogen (secondary N) is 1. The van der Waals surface area contributed by atoms with Gasteiger partial charge in [-0.1, -0.05) is 5.21 Å². The fourth-order valence-electron chi connectivity index (χ4n) is 3.06. The van der Waals surface area contributed by atoms with E-state index in [0.717, 1.165) is 38.8 Å². The Morgan fingerprint density at radius 2 is 2.20 bits per heavy atom. The second-order valence-electron chi connectivity index (χ2n) is 5.54. The minimum atomic E-state index is -0.110. The van der Waals surface area contributed by atoms with Gasteiger partial charge in [0.05, 0.1) is 24.9 Å². The van der Waals surface area contributed by atoms with Crippen LogP contribution in [0.15, 0.2) is 6.20 Å². The predicted octanol–water partition coefficient (Wildman–Crippen LogP) is -0.200. The molecule has 110 valence electrons. The molecule has 7 nitrogen and oxygen atoms in total. The standard InChI is InChI=1S/C13H21N5O2/c19-9-11-2-1-7-17(11)13(20)12-8-18(16-15-12)10-3-5-14-6-4-10/h8,10-11,14,19H,1-7,9H2/t11-/m0/s1. The number of carbonyl (C=O) groups excluding carboxylic acids is 1. The molecule has 3 heterocycles. The van der Waals surface area contributed by atoms with Gasteiger partial charge in [0.25, 0.3) is 5.91 Å². The largest absolute Gasteiger partial charge is 0.394 e. The zero-order valence-corrected chi connectivity index (χ0v) is 11.5. The van der Waals surface area contributed by atoms with E-state index in [4.69, 9.17) is 0 Å². The highest BCUT2D eigenvalue weighted by molar-refractivity contribution is 5.92. The highest BCUT2D eigenvalue weighted by atomic mass is 16.3. The summed E-state index contributed by atoms with van der Waals surface area (Å²) in [5.74, 6) is -0.110. The van der Waals surface area contributed by atoms with Crippen LogP contribution in [0.4, 0.5) is 0 Å². The normalized spacial score (nSPS) is 24.2. The SMILES string of the molecule is O=C(c1cn(C2CCNCC2)nn1)N1CCC[C@H]1CO. The van der Waals surface area contributed by atoms with Crippen molar-refractivity contribution >= 4 is 5.91 Å². The minimum Gasteiger partial charge on any atom is -0.394 e. The first-order chi connectivity index (χ1) is 9.79. The molecular weight excluding hydrogens is 258 g/mol. The fourth-order valence-corrected chi connectivity index (χ4v) is 3.06. The lowest BCUT2D eigenvalue weighted by Gasteiger charge is -2.22. The molecule has 3 rings (SSSR count). The third kappa shape index (κ3) is 2.55. The number of aromatic nitrogens is 3. The Bertz CT molecular complexity index is 469. The third-order valence-corrected chi connectivity index (χ3v) is 4.26. The van der Waals surface area contributed by atoms with Crippen LogP contribution in [0.3, 0.4) is 0 Å². The van der Waals surface area contributed by atoms with Crippen LogP contribution in [0.2, 0.25) is 0 Å². The summed E-state index contributed by atoms with van der Waals surface area (Å²) in [5, 5.41) is 20.7. The maximum absolute atomic E-state index is 12.4. The van der Waals surface area contributed by atoms with Gasteiger partial charge in [-0.05, 0) is 38.8 Å². The zero-order valence-electron chi connectivity index (χ0n) is 11.5. The minimum absolute atomic E-state index is 0.0220. The first kappa shape index (κ1) is 13.5. The van der Waals surface area contributed by atoms with Crippen LogP contribution in [-0.2, 0) is 0 Å². The lowest BCUT2D eigenvalue weighted by Crippen LogP contribution is -2.37. The summed E-state index contributed by atoms with van der Waals surface area (Å²) in [6.45, 7) is 2.68. The molecule has 1 atom stereocenters. The Morgan fingerprint density at radius 3 is 2.95 bits per heavy atom. The number of hydrogen-bond donors (Lipinski definition) is 2. The number of aliphatic hydroxyl groups is 1. The molecule has 1 aromatic rings. The molecule has 1 aromatic heterocycles. The number of rotatable bonds is 3. The van der Waals surface area contributed by atoms with Crippen molar-refractivity contribution in [2.24, 2.45) is 0 Å². The molecule has 2 saturated heterocycles. The van der Waals surface area contributed by atoms with Crippen molar-refractivity contribution in [3.05, 3.63) is 11.9 Å². The molecule has 0 bridgehead atoms. The predicted molar refractivity (Wildman–Crippen MR) is 72.3 cm³/mol. The van der Waals surface area contributed by atoms with Gasteiger partial charge in [0, 0.05) is 6.54 Å². The molecule has 7 heteroatoms. The van der Waals surface area contributed by atoms with Crippen molar-refractivity contribution in [1.29, 1.82) is 0 Å². The van der Waals surface area contributed by atoms with Gasteiger partial charge < -0.3 is 15.3 Å². The average molecular weight is 279 g/mol. The van der Waals surface area contributed by atoms with Gasteiger partial charge in [0.2, 0.25) is 0 Å². The van der Waals surface area contributed by atoms with Gasteiger partial charge in [-0.15, -0.1) is 5.10 Å². The molecule has 2 aliphatic rings. The van der Waals surface area contributed by atoms with Gasteiger partial charge >= 0.3 is 0 Å². The first-order valence-corrected chi connectivity index (χ1v) is 7.34. The number of hydrogen-bond acceptors (Lipinski definition) is 5. The van der Waals surface area contributed by atoms with Crippen molar-refractivity contribution in [2.75, 3.05) is 26.2 Å². The molecule has 2 aliphatic heterocycles. The maximum atomic E-state index is 12.4. The van der Waals surface area contributed by atoms with E-state index < -0.39 is 0 Å². The van der Waals surface area contributed by atoms with Crippen LogP contribution >= 0.6 is 0 Å². The second-order valence-corrected chi connectivity index (χ2v) is 5.54. The van der Waals surface area contributed by atoms with E-state index in [1.165, 1.54) is 0 Å². The highest BCUT2D eigenvalue weighted by Gasteiger charge is 2.30. The van der Waals surface area contributed by atoms with Crippen molar-refractivity contribution in [2.45, 2.75) is 37.8 Å². The van der Waals surface area contributed by atoms with Crippen molar-refractivity contribution in [3.8, 4) is 0 Å². The Balaban J connectivity index is 1.71. The first-order valence-electron chi connectivity index (χ1n) is 7.34. The zero-order chi connectivity index (χ0) is 13.9. The molecular formula is C13H21N5O2. The van der Waals surface area contributed by atoms with Crippen LogP contribution in [0, 0.1) is 0 Å². The average Bonchev–Trinajstić information content (AvgIpc) is 3.16. The number of piperidine rings is 1. The molecule has 2 N–H and O–H groups in total. The summed E-state index contributed by atoms with van der Waals surface area (Å²) in [6.07, 6.45) is 5.59. The van der Waals surface area contributed by atoms with Crippen LogP contribution in [-0.4, -0.2) is 63.2 Å². The molecule has 20 heavy (non-hydrogen) atoms. The molecule has 2 fully saturated rings. The van der Waals surface area contributed by atoms with E-state index in [2.05, 4.69) is 15.6 Å². The van der Waals surface area contributed by atoms with E-state index in [1.807, 2.05) is 4.68 Å². The van der Waals surface area contributed by atoms with Gasteiger partial charge in [0.1, 0.15) is 0 Å². The number of amides is 1. The van der Waals surface area contributed by atoms with Gasteiger partial charge in [-0.3, -0.25) is 4.79 Å². The van der Waals surface area contributed by atoms with E-state index in [1.54, 1.807) is 11.1 Å². The topological polar surface area (TPSA) is 83.3 Å². The van der Waals surface area contributed by atoms with Gasteiger partial charge in [-0.2, -0.15) is 0 Å². The van der Waals surface area contributed by atoms with Gasteiger partial charge in [0.15, 0.2) is 5.69 Å². The Kier molecular flexibility index (Phi) is 3.98. The monoisotopic (exact) mass is 279 g/mol. The lowest BCUT2D eigenvalue weighted by atomic mass is 10.1. The number of likely N-dealkylation sites (tertiary alicyclic amines) is 1. The summed E-state index contributed by atoms with van der Waals surface area (Å²) < 4.78 is 1.82. The van der Waals surface area contributed by atoms with E-state index >= 15 is 0 Å². The fraction of sp³-hybridized carbons (Fsp3) is 0.769. The summed E-state index contributed by atoms with van der Waals surface area (Å²) in [4.78, 5) is 14.1. The van der Waals surface area contributed by atoms with Crippen LogP contribution < -0.4 is 5.32 Å². The smallest absolute Gasteiger partial charge is 0.276 e. The van der Waals surface area contributed by atoms with Gasteiger partial charge in [-0.25, -0.2) is 4.68 Å². The summed E-state index contributed by atoms with van der Waals surface area (Å²) in [6, 6.07) is 0.268. The number of nitrogens with zero attached hydrogens (tertiary/aromatic N) is 4. The van der Waals surface area contributed by atoms with Crippen LogP contribution in [0.1, 0.15) is 42.2 Å². The number of carbonyl (C=O) groups is 1. The summed E-state index contributed by atoms with van der Waals surface area (Å²) >= 11 is 0. The Morgan fingerprint density at radius 1 is 1.40 bits per heavy atom. The van der Waals surface area contributed by atoms with Crippen molar-refractivity contribution in [3.63, 3.8) is 0 Å². The van der Waals surface area contributed by atoms with Crippen molar-refractivity contribution < 1.29 is 9.90 Å². The molecule has 0 saturated carbocycles. The maximum Gasteiger partial charge on any atom is 0.276 e. The van der Waals surface area contributed by atoms with E-state index in [0.29, 0.717) is 18.3 Å². The quantitative estimate of drug-likeness (QED) is 0.800. The number of aliphatic hydroxyl groups excluding tert-OH is 1. The molecule has 0 spiro atoms. The second kappa shape index (κ2) is 5.88. The molecule has 0 aromatic carbocycles. The summed E-state index contributed by atoms with van der Waals surface area (Å²) in [7, 11) is 0. The Hall–Kier alpha value is -1.47. The van der Waals surface area contributed by atoms with Crippen LogP contribution in [0.5, 0.6) is 0 Å². The third-order valence-electron chi connectivity index (χ3n) is 4.26. The van der Waals surface area contributed by atoms with Crippen molar-refractivity contribution in [1.82, 2.24) is 25.2 Å². The highest BCUT2D eigenvalue weighted by Crippen LogP contribution is 2.21. The molecule has 1 amide bonds.